The van der Waals surface area contributed by atoms with Crippen LogP contribution in [0, 0.1) is 5.82 Å². The van der Waals surface area contributed by atoms with Crippen molar-refractivity contribution >= 4 is 23.7 Å². The fraction of sp³-hybridized carbons (Fsp3) is 0.250. The highest BCUT2D eigenvalue weighted by atomic mass is 35.5. The lowest BCUT2D eigenvalue weighted by molar-refractivity contribution is -0.108. The second kappa shape index (κ2) is 8.84. The first-order valence-corrected chi connectivity index (χ1v) is 10.3. The second-order valence-corrected chi connectivity index (χ2v) is 7.80. The van der Waals surface area contributed by atoms with Crippen LogP contribution in [-0.4, -0.2) is 31.0 Å². The highest BCUT2D eigenvalue weighted by Crippen LogP contribution is 2.36. The van der Waals surface area contributed by atoms with Gasteiger partial charge in [-0.15, -0.1) is 0 Å². The molecule has 1 saturated heterocycles. The summed E-state index contributed by atoms with van der Waals surface area (Å²) < 4.78 is 20.8. The molecular formula is C24H22ClFN2O2. The minimum Gasteiger partial charge on any atom is -0.496 e. The van der Waals surface area contributed by atoms with Gasteiger partial charge >= 0.3 is 0 Å². The first kappa shape index (κ1) is 20.4. The summed E-state index contributed by atoms with van der Waals surface area (Å²) >= 11 is 6.10. The van der Waals surface area contributed by atoms with Crippen LogP contribution in [0.3, 0.4) is 0 Å². The molecule has 1 fully saturated rings. The third kappa shape index (κ3) is 4.03. The monoisotopic (exact) mass is 424 g/mol. The van der Waals surface area contributed by atoms with E-state index in [0.717, 1.165) is 37.1 Å². The normalized spacial score (nSPS) is 16.0. The Morgan fingerprint density at radius 2 is 2.13 bits per heavy atom. The SMILES string of the molecule is COc1ccc(Cc2ccc(N3CCC[C@H]3C=O)nc2)c(F)c1-c1cccc(Cl)c1. The quantitative estimate of drug-likeness (QED) is 0.503. The number of benzene rings is 2. The summed E-state index contributed by atoms with van der Waals surface area (Å²) in [5.41, 5.74) is 2.50. The first-order valence-electron chi connectivity index (χ1n) is 9.89. The Kier molecular flexibility index (Phi) is 6.00. The number of hydrogen-bond donors (Lipinski definition) is 0. The summed E-state index contributed by atoms with van der Waals surface area (Å²) in [5, 5.41) is 0.537. The van der Waals surface area contributed by atoms with Crippen molar-refractivity contribution < 1.29 is 13.9 Å². The average molecular weight is 425 g/mol. The summed E-state index contributed by atoms with van der Waals surface area (Å²) in [6.45, 7) is 0.825. The minimum absolute atomic E-state index is 0.109. The fourth-order valence-electron chi connectivity index (χ4n) is 3.95. The lowest BCUT2D eigenvalue weighted by Gasteiger charge is -2.21. The fourth-order valence-corrected chi connectivity index (χ4v) is 4.14. The third-order valence-corrected chi connectivity index (χ3v) is 5.71. The number of carbonyl (C=O) groups excluding carboxylic acids is 1. The third-order valence-electron chi connectivity index (χ3n) is 5.47. The smallest absolute Gasteiger partial charge is 0.142 e. The van der Waals surface area contributed by atoms with Crippen molar-refractivity contribution in [3.63, 3.8) is 0 Å². The highest BCUT2D eigenvalue weighted by molar-refractivity contribution is 6.30. The first-order chi connectivity index (χ1) is 14.6. The van der Waals surface area contributed by atoms with Gasteiger partial charge in [-0.2, -0.15) is 0 Å². The van der Waals surface area contributed by atoms with Gasteiger partial charge in [0.25, 0.3) is 0 Å². The maximum absolute atomic E-state index is 15.5. The summed E-state index contributed by atoms with van der Waals surface area (Å²) in [6.07, 6.45) is 4.96. The number of hydrogen-bond acceptors (Lipinski definition) is 4. The van der Waals surface area contributed by atoms with Crippen LogP contribution >= 0.6 is 11.6 Å². The standard InChI is InChI=1S/C24H22ClFN2O2/c1-30-21-9-8-18(24(26)23(21)17-4-2-5-19(25)13-17)12-16-7-10-22(27-14-16)28-11-3-6-20(28)15-29/h2,4-5,7-10,13-15,20H,3,6,11-12H2,1H3/t20-/m0/s1. The lowest BCUT2D eigenvalue weighted by atomic mass is 9.97. The molecule has 0 N–H and O–H groups in total. The van der Waals surface area contributed by atoms with E-state index in [1.165, 1.54) is 7.11 Å². The number of ether oxygens (including phenoxy) is 1. The Morgan fingerprint density at radius 3 is 2.83 bits per heavy atom. The van der Waals surface area contributed by atoms with E-state index in [2.05, 4.69) is 4.98 Å². The molecule has 0 unspecified atom stereocenters. The van der Waals surface area contributed by atoms with Crippen molar-refractivity contribution in [3.8, 4) is 16.9 Å². The number of rotatable bonds is 6. The maximum Gasteiger partial charge on any atom is 0.142 e. The van der Waals surface area contributed by atoms with Crippen molar-refractivity contribution in [2.24, 2.45) is 0 Å². The molecule has 1 aliphatic heterocycles. The lowest BCUT2D eigenvalue weighted by Crippen LogP contribution is -2.30. The van der Waals surface area contributed by atoms with Crippen LogP contribution in [-0.2, 0) is 11.2 Å². The van der Waals surface area contributed by atoms with E-state index >= 15 is 4.39 Å². The summed E-state index contributed by atoms with van der Waals surface area (Å²) in [7, 11) is 1.52. The van der Waals surface area contributed by atoms with Crippen LogP contribution < -0.4 is 9.64 Å². The number of pyridine rings is 1. The summed E-state index contributed by atoms with van der Waals surface area (Å²) in [6, 6.07) is 14.3. The van der Waals surface area contributed by atoms with Gasteiger partial charge in [0.05, 0.1) is 18.7 Å². The summed E-state index contributed by atoms with van der Waals surface area (Å²) in [5.74, 6) is 0.908. The maximum atomic E-state index is 15.5. The number of aromatic nitrogens is 1. The molecule has 0 aliphatic carbocycles. The topological polar surface area (TPSA) is 42.4 Å². The summed E-state index contributed by atoms with van der Waals surface area (Å²) in [4.78, 5) is 17.8. The van der Waals surface area contributed by atoms with Crippen LogP contribution in [0.15, 0.2) is 54.7 Å². The predicted molar refractivity (Wildman–Crippen MR) is 117 cm³/mol. The average Bonchev–Trinajstić information content (AvgIpc) is 3.24. The molecule has 1 aromatic heterocycles. The Bertz CT molecular complexity index is 1060. The van der Waals surface area contributed by atoms with Crippen molar-refractivity contribution in [1.29, 1.82) is 0 Å². The molecule has 4 nitrogen and oxygen atoms in total. The molecule has 4 rings (SSSR count). The van der Waals surface area contributed by atoms with Crippen LogP contribution in [0.1, 0.15) is 24.0 Å². The molecule has 6 heteroatoms. The van der Waals surface area contributed by atoms with E-state index in [4.69, 9.17) is 16.3 Å². The molecule has 0 radical (unpaired) electrons. The molecule has 2 heterocycles. The van der Waals surface area contributed by atoms with Gasteiger partial charge in [-0.05, 0) is 53.8 Å². The molecule has 1 atom stereocenters. The molecule has 0 amide bonds. The number of methoxy groups -OCH3 is 1. The Balaban J connectivity index is 1.62. The zero-order valence-corrected chi connectivity index (χ0v) is 17.4. The molecule has 1 aliphatic rings. The van der Waals surface area contributed by atoms with E-state index in [0.29, 0.717) is 33.9 Å². The van der Waals surface area contributed by atoms with Gasteiger partial charge in [0.15, 0.2) is 0 Å². The van der Waals surface area contributed by atoms with Gasteiger partial charge in [0.2, 0.25) is 0 Å². The van der Waals surface area contributed by atoms with Crippen molar-refractivity contribution in [1.82, 2.24) is 4.98 Å². The van der Waals surface area contributed by atoms with Crippen LogP contribution in [0.25, 0.3) is 11.1 Å². The Labute approximate surface area is 180 Å². The Hall–Kier alpha value is -2.92. The van der Waals surface area contributed by atoms with Gasteiger partial charge in [-0.3, -0.25) is 0 Å². The largest absolute Gasteiger partial charge is 0.496 e. The van der Waals surface area contributed by atoms with E-state index < -0.39 is 0 Å². The molecule has 3 aromatic rings. The van der Waals surface area contributed by atoms with E-state index in [1.807, 2.05) is 23.1 Å². The predicted octanol–water partition coefficient (Wildman–Crippen LogP) is 5.31. The van der Waals surface area contributed by atoms with Gasteiger partial charge < -0.3 is 14.4 Å². The molecule has 0 saturated carbocycles. The van der Waals surface area contributed by atoms with Gasteiger partial charge in [0, 0.05) is 24.2 Å². The number of aldehydes is 1. The van der Waals surface area contributed by atoms with Crippen LogP contribution in [0.5, 0.6) is 5.75 Å². The van der Waals surface area contributed by atoms with Gasteiger partial charge in [-0.1, -0.05) is 35.9 Å². The Morgan fingerprint density at radius 1 is 1.27 bits per heavy atom. The van der Waals surface area contributed by atoms with Crippen molar-refractivity contribution in [2.45, 2.75) is 25.3 Å². The minimum atomic E-state index is -0.332. The number of halogens is 2. The molecule has 0 spiro atoms. The van der Waals surface area contributed by atoms with E-state index in [9.17, 15) is 4.79 Å². The number of nitrogens with zero attached hydrogens (tertiary/aromatic N) is 2. The molecule has 0 bridgehead atoms. The van der Waals surface area contributed by atoms with Crippen LogP contribution in [0.4, 0.5) is 10.2 Å². The van der Waals surface area contributed by atoms with Gasteiger partial charge in [0.1, 0.15) is 23.7 Å². The van der Waals surface area contributed by atoms with E-state index in [1.54, 1.807) is 36.5 Å². The number of anilines is 1. The van der Waals surface area contributed by atoms with Crippen molar-refractivity contribution in [3.05, 3.63) is 76.7 Å². The second-order valence-electron chi connectivity index (χ2n) is 7.37. The zero-order chi connectivity index (χ0) is 21.1. The molecular weight excluding hydrogens is 403 g/mol. The molecule has 2 aromatic carbocycles. The highest BCUT2D eigenvalue weighted by Gasteiger charge is 2.25. The number of carbonyl (C=O) groups is 1. The van der Waals surface area contributed by atoms with Crippen LogP contribution in [0.2, 0.25) is 5.02 Å². The zero-order valence-electron chi connectivity index (χ0n) is 16.6. The molecule has 154 valence electrons. The molecule has 30 heavy (non-hydrogen) atoms. The van der Waals surface area contributed by atoms with E-state index in [-0.39, 0.29) is 11.9 Å². The van der Waals surface area contributed by atoms with Crippen molar-refractivity contribution in [2.75, 3.05) is 18.6 Å². The van der Waals surface area contributed by atoms with Gasteiger partial charge in [-0.25, -0.2) is 9.37 Å².